The van der Waals surface area contributed by atoms with Crippen LogP contribution in [0, 0.1) is 0 Å². The first-order valence-corrected chi connectivity index (χ1v) is 4.93. The monoisotopic (exact) mass is 217 g/mol. The van der Waals surface area contributed by atoms with Crippen molar-refractivity contribution in [1.82, 2.24) is 15.0 Å². The van der Waals surface area contributed by atoms with Crippen LogP contribution >= 0.6 is 0 Å². The predicted octanol–water partition coefficient (Wildman–Crippen LogP) is 1.28. The number of aromatic nitrogens is 3. The molecule has 1 N–H and O–H groups in total. The van der Waals surface area contributed by atoms with Gasteiger partial charge in [0.25, 0.3) is 0 Å². The highest BCUT2D eigenvalue weighted by molar-refractivity contribution is 5.67. The third-order valence-electron chi connectivity index (χ3n) is 2.25. The van der Waals surface area contributed by atoms with E-state index in [1.54, 1.807) is 17.1 Å². The molecule has 0 aliphatic rings. The van der Waals surface area contributed by atoms with Crippen molar-refractivity contribution < 1.29 is 9.90 Å². The SMILES string of the molecule is O=C(O)CCc1ccc(-n2ccnn2)cc1. The Bertz CT molecular complexity index is 462. The Morgan fingerprint density at radius 1 is 1.31 bits per heavy atom. The molecule has 0 atom stereocenters. The van der Waals surface area contributed by atoms with Crippen LogP contribution in [0.15, 0.2) is 36.7 Å². The minimum atomic E-state index is -0.777. The van der Waals surface area contributed by atoms with Crippen molar-refractivity contribution in [3.63, 3.8) is 0 Å². The number of carboxylic acid groups (broad SMARTS) is 1. The van der Waals surface area contributed by atoms with Crippen molar-refractivity contribution in [1.29, 1.82) is 0 Å². The Labute approximate surface area is 92.3 Å². The quantitative estimate of drug-likeness (QED) is 0.837. The average Bonchev–Trinajstić information content (AvgIpc) is 2.80. The summed E-state index contributed by atoms with van der Waals surface area (Å²) < 4.78 is 1.65. The molecule has 1 aromatic heterocycles. The molecule has 0 aliphatic heterocycles. The molecule has 2 rings (SSSR count). The number of hydrogen-bond donors (Lipinski definition) is 1. The van der Waals surface area contributed by atoms with Gasteiger partial charge in [-0.3, -0.25) is 4.79 Å². The summed E-state index contributed by atoms with van der Waals surface area (Å²) in [5, 5.41) is 16.1. The molecule has 5 nitrogen and oxygen atoms in total. The fourth-order valence-electron chi connectivity index (χ4n) is 1.41. The van der Waals surface area contributed by atoms with Crippen molar-refractivity contribution >= 4 is 5.97 Å². The number of carbonyl (C=O) groups is 1. The van der Waals surface area contributed by atoms with Gasteiger partial charge in [-0.2, -0.15) is 0 Å². The second kappa shape index (κ2) is 4.57. The third kappa shape index (κ3) is 2.44. The van der Waals surface area contributed by atoms with Gasteiger partial charge in [-0.05, 0) is 24.1 Å². The first kappa shape index (κ1) is 10.4. The normalized spacial score (nSPS) is 10.2. The molecule has 5 heteroatoms. The lowest BCUT2D eigenvalue weighted by molar-refractivity contribution is -0.136. The van der Waals surface area contributed by atoms with Gasteiger partial charge in [-0.15, -0.1) is 5.10 Å². The van der Waals surface area contributed by atoms with Gasteiger partial charge in [0, 0.05) is 6.42 Å². The second-order valence-electron chi connectivity index (χ2n) is 3.41. The van der Waals surface area contributed by atoms with Crippen LogP contribution in [0.25, 0.3) is 5.69 Å². The molecule has 82 valence electrons. The zero-order valence-corrected chi connectivity index (χ0v) is 8.58. The first-order valence-electron chi connectivity index (χ1n) is 4.93. The van der Waals surface area contributed by atoms with Gasteiger partial charge in [0.05, 0.1) is 18.1 Å². The average molecular weight is 217 g/mol. The zero-order chi connectivity index (χ0) is 11.4. The Kier molecular flexibility index (Phi) is 2.95. The molecule has 0 bridgehead atoms. The van der Waals surface area contributed by atoms with E-state index >= 15 is 0 Å². The Hall–Kier alpha value is -2.17. The molecule has 0 fully saturated rings. The maximum Gasteiger partial charge on any atom is 0.303 e. The Morgan fingerprint density at radius 3 is 2.62 bits per heavy atom. The maximum atomic E-state index is 10.4. The van der Waals surface area contributed by atoms with Crippen LogP contribution < -0.4 is 0 Å². The van der Waals surface area contributed by atoms with E-state index in [9.17, 15) is 4.79 Å². The van der Waals surface area contributed by atoms with E-state index in [1.807, 2.05) is 24.3 Å². The summed E-state index contributed by atoms with van der Waals surface area (Å²) >= 11 is 0. The maximum absolute atomic E-state index is 10.4. The van der Waals surface area contributed by atoms with Crippen LogP contribution in [-0.4, -0.2) is 26.1 Å². The molecule has 0 saturated carbocycles. The first-order chi connectivity index (χ1) is 7.75. The van der Waals surface area contributed by atoms with Crippen molar-refractivity contribution in [2.24, 2.45) is 0 Å². The van der Waals surface area contributed by atoms with Crippen LogP contribution in [0.3, 0.4) is 0 Å². The lowest BCUT2D eigenvalue weighted by Gasteiger charge is -2.02. The molecule has 1 aromatic carbocycles. The molecular formula is C11H11N3O2. The van der Waals surface area contributed by atoms with Crippen molar-refractivity contribution in [2.75, 3.05) is 0 Å². The molecule has 0 amide bonds. The van der Waals surface area contributed by atoms with E-state index in [2.05, 4.69) is 10.3 Å². The Balaban J connectivity index is 2.08. The minimum Gasteiger partial charge on any atom is -0.481 e. The number of benzene rings is 1. The van der Waals surface area contributed by atoms with E-state index in [0.29, 0.717) is 6.42 Å². The third-order valence-corrected chi connectivity index (χ3v) is 2.25. The molecule has 0 unspecified atom stereocenters. The number of hydrogen-bond acceptors (Lipinski definition) is 3. The summed E-state index contributed by atoms with van der Waals surface area (Å²) in [4.78, 5) is 10.4. The van der Waals surface area contributed by atoms with Gasteiger partial charge in [0.15, 0.2) is 0 Å². The number of aliphatic carboxylic acids is 1. The highest BCUT2D eigenvalue weighted by Crippen LogP contribution is 2.09. The predicted molar refractivity (Wildman–Crippen MR) is 57.3 cm³/mol. The van der Waals surface area contributed by atoms with Crippen LogP contribution in [0.4, 0.5) is 0 Å². The van der Waals surface area contributed by atoms with E-state index in [4.69, 9.17) is 5.11 Å². The van der Waals surface area contributed by atoms with E-state index in [1.165, 1.54) is 0 Å². The van der Waals surface area contributed by atoms with E-state index in [-0.39, 0.29) is 6.42 Å². The largest absolute Gasteiger partial charge is 0.481 e. The molecule has 0 radical (unpaired) electrons. The topological polar surface area (TPSA) is 68.0 Å². The van der Waals surface area contributed by atoms with Crippen molar-refractivity contribution in [2.45, 2.75) is 12.8 Å². The summed E-state index contributed by atoms with van der Waals surface area (Å²) in [6.07, 6.45) is 4.07. The molecular weight excluding hydrogens is 206 g/mol. The lowest BCUT2D eigenvalue weighted by atomic mass is 10.1. The number of nitrogens with zero attached hydrogens (tertiary/aromatic N) is 3. The smallest absolute Gasteiger partial charge is 0.303 e. The van der Waals surface area contributed by atoms with Gasteiger partial charge in [-0.25, -0.2) is 4.68 Å². The number of aryl methyl sites for hydroxylation is 1. The molecule has 0 aliphatic carbocycles. The molecule has 0 spiro atoms. The highest BCUT2D eigenvalue weighted by Gasteiger charge is 2.00. The number of rotatable bonds is 4. The van der Waals surface area contributed by atoms with Gasteiger partial charge in [0.1, 0.15) is 0 Å². The van der Waals surface area contributed by atoms with Gasteiger partial charge in [0.2, 0.25) is 0 Å². The Morgan fingerprint density at radius 2 is 2.06 bits per heavy atom. The number of carboxylic acids is 1. The summed E-state index contributed by atoms with van der Waals surface area (Å²) in [5.41, 5.74) is 1.92. The second-order valence-corrected chi connectivity index (χ2v) is 3.41. The van der Waals surface area contributed by atoms with Gasteiger partial charge < -0.3 is 5.11 Å². The summed E-state index contributed by atoms with van der Waals surface area (Å²) in [6, 6.07) is 7.59. The standard InChI is InChI=1S/C11H11N3O2/c15-11(16)6-3-9-1-4-10(5-2-9)14-8-7-12-13-14/h1-2,4-5,7-8H,3,6H2,(H,15,16). The lowest BCUT2D eigenvalue weighted by Crippen LogP contribution is -1.98. The molecule has 2 aromatic rings. The van der Waals surface area contributed by atoms with Crippen LogP contribution in [-0.2, 0) is 11.2 Å². The molecule has 0 saturated heterocycles. The summed E-state index contributed by atoms with van der Waals surface area (Å²) in [7, 11) is 0. The fraction of sp³-hybridized carbons (Fsp3) is 0.182. The summed E-state index contributed by atoms with van der Waals surface area (Å²) in [6.45, 7) is 0. The van der Waals surface area contributed by atoms with Crippen molar-refractivity contribution in [3.8, 4) is 5.69 Å². The van der Waals surface area contributed by atoms with Crippen molar-refractivity contribution in [3.05, 3.63) is 42.2 Å². The minimum absolute atomic E-state index is 0.155. The van der Waals surface area contributed by atoms with Crippen LogP contribution in [0.1, 0.15) is 12.0 Å². The van der Waals surface area contributed by atoms with Crippen LogP contribution in [0.5, 0.6) is 0 Å². The molecule has 16 heavy (non-hydrogen) atoms. The summed E-state index contributed by atoms with van der Waals surface area (Å²) in [5.74, 6) is -0.777. The van der Waals surface area contributed by atoms with Gasteiger partial charge >= 0.3 is 5.97 Å². The van der Waals surface area contributed by atoms with E-state index < -0.39 is 5.97 Å². The van der Waals surface area contributed by atoms with Crippen LogP contribution in [0.2, 0.25) is 0 Å². The highest BCUT2D eigenvalue weighted by atomic mass is 16.4. The van der Waals surface area contributed by atoms with E-state index in [0.717, 1.165) is 11.3 Å². The fourth-order valence-corrected chi connectivity index (χ4v) is 1.41. The molecule has 1 heterocycles. The van der Waals surface area contributed by atoms with Gasteiger partial charge in [-0.1, -0.05) is 17.3 Å². The zero-order valence-electron chi connectivity index (χ0n) is 8.58.